The average molecular weight is 257 g/mol. The van der Waals surface area contributed by atoms with Crippen molar-refractivity contribution in [2.75, 3.05) is 11.9 Å². The summed E-state index contributed by atoms with van der Waals surface area (Å²) in [7, 11) is 2.02. The van der Waals surface area contributed by atoms with Crippen LogP contribution in [-0.4, -0.2) is 7.05 Å². The van der Waals surface area contributed by atoms with Crippen LogP contribution in [-0.2, 0) is 6.54 Å². The molecule has 0 bridgehead atoms. The molecule has 0 fully saturated rings. The lowest BCUT2D eigenvalue weighted by Gasteiger charge is -2.19. The van der Waals surface area contributed by atoms with Gasteiger partial charge in [-0.15, -0.1) is 0 Å². The minimum Gasteiger partial charge on any atom is -0.370 e. The first-order valence-corrected chi connectivity index (χ1v) is 6.02. The molecule has 0 aliphatic rings. The second-order valence-electron chi connectivity index (χ2n) is 4.14. The maximum atomic E-state index is 8.75. The number of rotatable bonds is 3. The molecule has 0 spiro atoms. The van der Waals surface area contributed by atoms with Gasteiger partial charge in [0.05, 0.1) is 11.6 Å². The quantitative estimate of drug-likeness (QED) is 0.834. The number of halogens is 1. The zero-order valence-electron chi connectivity index (χ0n) is 10.1. The molecule has 0 aromatic heterocycles. The Morgan fingerprint density at radius 2 is 1.89 bits per heavy atom. The van der Waals surface area contributed by atoms with Crippen LogP contribution >= 0.6 is 11.6 Å². The molecular weight excluding hydrogens is 244 g/mol. The Bertz CT molecular complexity index is 570. The fourth-order valence-corrected chi connectivity index (χ4v) is 2.00. The third-order valence-corrected chi connectivity index (χ3v) is 2.98. The zero-order chi connectivity index (χ0) is 13.0. The summed E-state index contributed by atoms with van der Waals surface area (Å²) in [5, 5.41) is 9.51. The molecule has 0 aliphatic carbocycles. The number of nitriles is 1. The van der Waals surface area contributed by atoms with E-state index < -0.39 is 0 Å². The van der Waals surface area contributed by atoms with Gasteiger partial charge in [0.25, 0.3) is 0 Å². The molecule has 0 saturated carbocycles. The first-order chi connectivity index (χ1) is 8.69. The van der Waals surface area contributed by atoms with Crippen molar-refractivity contribution in [2.45, 2.75) is 6.54 Å². The normalized spacial score (nSPS) is 9.83. The van der Waals surface area contributed by atoms with Crippen molar-refractivity contribution in [3.63, 3.8) is 0 Å². The highest BCUT2D eigenvalue weighted by atomic mass is 35.5. The standard InChI is InChI=1S/C15H13ClN2/c1-18(11-13-3-2-4-14(16)9-13)15-7-5-12(10-17)6-8-15/h2-9H,11H2,1H3. The zero-order valence-corrected chi connectivity index (χ0v) is 10.9. The molecule has 0 heterocycles. The van der Waals surface area contributed by atoms with Crippen molar-refractivity contribution in [1.29, 1.82) is 5.26 Å². The highest BCUT2D eigenvalue weighted by Crippen LogP contribution is 2.18. The van der Waals surface area contributed by atoms with E-state index in [4.69, 9.17) is 16.9 Å². The largest absolute Gasteiger partial charge is 0.370 e. The van der Waals surface area contributed by atoms with Gasteiger partial charge in [0.2, 0.25) is 0 Å². The number of benzene rings is 2. The van der Waals surface area contributed by atoms with Gasteiger partial charge < -0.3 is 4.90 Å². The van der Waals surface area contributed by atoms with Gasteiger partial charge in [0.15, 0.2) is 0 Å². The first-order valence-electron chi connectivity index (χ1n) is 5.65. The Hall–Kier alpha value is -1.98. The lowest BCUT2D eigenvalue weighted by atomic mass is 10.2. The van der Waals surface area contributed by atoms with Crippen molar-refractivity contribution >= 4 is 17.3 Å². The molecule has 0 unspecified atom stereocenters. The van der Waals surface area contributed by atoms with Crippen LogP contribution < -0.4 is 4.90 Å². The van der Waals surface area contributed by atoms with Gasteiger partial charge in [0, 0.05) is 24.3 Å². The van der Waals surface area contributed by atoms with E-state index in [1.807, 2.05) is 55.6 Å². The third-order valence-electron chi connectivity index (χ3n) is 2.75. The van der Waals surface area contributed by atoms with Crippen LogP contribution in [0.2, 0.25) is 5.02 Å². The molecule has 0 amide bonds. The number of nitrogens with zero attached hydrogens (tertiary/aromatic N) is 2. The van der Waals surface area contributed by atoms with Gasteiger partial charge in [-0.25, -0.2) is 0 Å². The first kappa shape index (κ1) is 12.5. The van der Waals surface area contributed by atoms with E-state index in [1.54, 1.807) is 0 Å². The maximum absolute atomic E-state index is 8.75. The number of hydrogen-bond donors (Lipinski definition) is 0. The van der Waals surface area contributed by atoms with Crippen LogP contribution in [0.5, 0.6) is 0 Å². The minimum atomic E-state index is 0.676. The molecule has 3 heteroatoms. The lowest BCUT2D eigenvalue weighted by molar-refractivity contribution is 0.923. The lowest BCUT2D eigenvalue weighted by Crippen LogP contribution is -2.16. The van der Waals surface area contributed by atoms with E-state index in [-0.39, 0.29) is 0 Å². The Kier molecular flexibility index (Phi) is 3.86. The molecule has 2 nitrogen and oxygen atoms in total. The van der Waals surface area contributed by atoms with Gasteiger partial charge in [-0.05, 0) is 42.0 Å². The highest BCUT2D eigenvalue weighted by Gasteiger charge is 2.02. The van der Waals surface area contributed by atoms with Crippen LogP contribution in [0.15, 0.2) is 48.5 Å². The van der Waals surface area contributed by atoms with Gasteiger partial charge >= 0.3 is 0 Å². The molecule has 2 aromatic rings. The van der Waals surface area contributed by atoms with Crippen molar-refractivity contribution < 1.29 is 0 Å². The Balaban J connectivity index is 2.12. The Labute approximate surface area is 112 Å². The average Bonchev–Trinajstić information content (AvgIpc) is 2.39. The summed E-state index contributed by atoms with van der Waals surface area (Å²) < 4.78 is 0. The molecular formula is C15H13ClN2. The summed E-state index contributed by atoms with van der Waals surface area (Å²) in [5.74, 6) is 0. The second kappa shape index (κ2) is 5.57. The summed E-state index contributed by atoms with van der Waals surface area (Å²) in [4.78, 5) is 2.12. The summed E-state index contributed by atoms with van der Waals surface area (Å²) in [5.41, 5.74) is 2.92. The molecule has 0 saturated heterocycles. The van der Waals surface area contributed by atoms with Crippen LogP contribution in [0, 0.1) is 11.3 Å². The van der Waals surface area contributed by atoms with Gasteiger partial charge in [-0.1, -0.05) is 23.7 Å². The van der Waals surface area contributed by atoms with E-state index in [2.05, 4.69) is 11.0 Å². The van der Waals surface area contributed by atoms with Crippen LogP contribution in [0.25, 0.3) is 0 Å². The molecule has 0 N–H and O–H groups in total. The Morgan fingerprint density at radius 3 is 2.50 bits per heavy atom. The van der Waals surface area contributed by atoms with E-state index in [9.17, 15) is 0 Å². The van der Waals surface area contributed by atoms with E-state index >= 15 is 0 Å². The van der Waals surface area contributed by atoms with E-state index in [0.29, 0.717) is 5.56 Å². The van der Waals surface area contributed by atoms with Gasteiger partial charge in [0.1, 0.15) is 0 Å². The third kappa shape index (κ3) is 3.03. The maximum Gasteiger partial charge on any atom is 0.0991 e. The topological polar surface area (TPSA) is 27.0 Å². The SMILES string of the molecule is CN(Cc1cccc(Cl)c1)c1ccc(C#N)cc1. The van der Waals surface area contributed by atoms with Crippen molar-refractivity contribution in [3.05, 3.63) is 64.7 Å². The van der Waals surface area contributed by atoms with Crippen molar-refractivity contribution in [3.8, 4) is 6.07 Å². The number of hydrogen-bond acceptors (Lipinski definition) is 2. The smallest absolute Gasteiger partial charge is 0.0991 e. The van der Waals surface area contributed by atoms with Crippen LogP contribution in [0.4, 0.5) is 5.69 Å². The minimum absolute atomic E-state index is 0.676. The van der Waals surface area contributed by atoms with Crippen molar-refractivity contribution in [2.24, 2.45) is 0 Å². The predicted octanol–water partition coefficient (Wildman–Crippen LogP) is 3.85. The van der Waals surface area contributed by atoms with Gasteiger partial charge in [-0.3, -0.25) is 0 Å². The number of anilines is 1. The molecule has 2 aromatic carbocycles. The second-order valence-corrected chi connectivity index (χ2v) is 4.58. The Morgan fingerprint density at radius 1 is 1.17 bits per heavy atom. The molecule has 90 valence electrons. The summed E-state index contributed by atoms with van der Waals surface area (Å²) in [6.45, 7) is 0.784. The fraction of sp³-hybridized carbons (Fsp3) is 0.133. The van der Waals surface area contributed by atoms with Crippen molar-refractivity contribution in [1.82, 2.24) is 0 Å². The molecule has 2 rings (SSSR count). The molecule has 0 aliphatic heterocycles. The molecule has 0 atom stereocenters. The highest BCUT2D eigenvalue weighted by molar-refractivity contribution is 6.30. The predicted molar refractivity (Wildman–Crippen MR) is 74.7 cm³/mol. The molecule has 18 heavy (non-hydrogen) atoms. The van der Waals surface area contributed by atoms with E-state index in [0.717, 1.165) is 22.8 Å². The van der Waals surface area contributed by atoms with Crippen LogP contribution in [0.3, 0.4) is 0 Å². The summed E-state index contributed by atoms with van der Waals surface area (Å²) in [6.07, 6.45) is 0. The monoisotopic (exact) mass is 256 g/mol. The van der Waals surface area contributed by atoms with Gasteiger partial charge in [-0.2, -0.15) is 5.26 Å². The summed E-state index contributed by atoms with van der Waals surface area (Å²) >= 11 is 5.96. The van der Waals surface area contributed by atoms with Crippen LogP contribution in [0.1, 0.15) is 11.1 Å². The fourth-order valence-electron chi connectivity index (χ4n) is 1.79. The van der Waals surface area contributed by atoms with E-state index in [1.165, 1.54) is 0 Å². The molecule has 0 radical (unpaired) electrons. The summed E-state index contributed by atoms with van der Waals surface area (Å²) in [6, 6.07) is 17.5.